The molecular weight excluding hydrogens is 441 g/mol. The summed E-state index contributed by atoms with van der Waals surface area (Å²) in [4.78, 5) is 23.3. The van der Waals surface area contributed by atoms with Crippen molar-refractivity contribution >= 4 is 40.6 Å². The van der Waals surface area contributed by atoms with Crippen molar-refractivity contribution in [1.82, 2.24) is 10.7 Å². The van der Waals surface area contributed by atoms with Crippen molar-refractivity contribution < 1.29 is 23.8 Å². The first-order chi connectivity index (χ1) is 12.0. The van der Waals surface area contributed by atoms with Crippen LogP contribution in [-0.2, 0) is 16.1 Å². The number of hydrogen-bond donors (Lipinski definition) is 3. The molecule has 2 rings (SSSR count). The largest absolute Gasteiger partial charge is 0.504 e. The number of nitrogens with zero attached hydrogens (tertiary/aromatic N) is 1. The molecule has 25 heavy (non-hydrogen) atoms. The van der Waals surface area contributed by atoms with E-state index in [9.17, 15) is 14.7 Å². The van der Waals surface area contributed by atoms with Crippen LogP contribution in [0.25, 0.3) is 0 Å². The molecule has 132 valence electrons. The first kappa shape index (κ1) is 18.8. The number of benzene rings is 1. The summed E-state index contributed by atoms with van der Waals surface area (Å²) in [7, 11) is 0. The molecule has 0 unspecified atom stereocenters. The van der Waals surface area contributed by atoms with Crippen molar-refractivity contribution in [3.05, 3.63) is 45.4 Å². The first-order valence-corrected chi connectivity index (χ1v) is 8.38. The third kappa shape index (κ3) is 5.48. The van der Waals surface area contributed by atoms with Gasteiger partial charge in [-0.15, -0.1) is 0 Å². The van der Waals surface area contributed by atoms with E-state index in [1.807, 2.05) is 22.6 Å². The number of phenols is 1. The Balaban J connectivity index is 1.91. The zero-order valence-electron chi connectivity index (χ0n) is 13.3. The Bertz CT molecular complexity index is 774. The average Bonchev–Trinajstić information content (AvgIpc) is 3.10. The maximum absolute atomic E-state index is 11.6. The predicted octanol–water partition coefficient (Wildman–Crippen LogP) is 1.75. The molecule has 1 heterocycles. The molecule has 0 spiro atoms. The molecule has 0 aliphatic carbocycles. The number of nitrogens with one attached hydrogen (secondary N) is 2. The molecule has 2 aromatic rings. The first-order valence-electron chi connectivity index (χ1n) is 7.30. The van der Waals surface area contributed by atoms with E-state index in [0.29, 0.717) is 27.3 Å². The topological polar surface area (TPSA) is 113 Å². The van der Waals surface area contributed by atoms with Crippen LogP contribution in [0.2, 0.25) is 0 Å². The molecule has 0 saturated carbocycles. The highest BCUT2D eigenvalue weighted by Crippen LogP contribution is 2.32. The van der Waals surface area contributed by atoms with Crippen molar-refractivity contribution in [1.29, 1.82) is 0 Å². The van der Waals surface area contributed by atoms with E-state index in [-0.39, 0.29) is 12.3 Å². The van der Waals surface area contributed by atoms with E-state index < -0.39 is 11.8 Å². The summed E-state index contributed by atoms with van der Waals surface area (Å²) in [5.41, 5.74) is 2.73. The van der Waals surface area contributed by atoms with Crippen molar-refractivity contribution in [2.45, 2.75) is 13.5 Å². The molecule has 0 atom stereocenters. The lowest BCUT2D eigenvalue weighted by Gasteiger charge is -2.08. The fraction of sp³-hybridized carbons (Fsp3) is 0.188. The number of furan rings is 1. The van der Waals surface area contributed by atoms with E-state index in [1.54, 1.807) is 31.2 Å². The third-order valence-corrected chi connectivity index (χ3v) is 3.76. The predicted molar refractivity (Wildman–Crippen MR) is 98.3 cm³/mol. The van der Waals surface area contributed by atoms with Crippen molar-refractivity contribution in [3.63, 3.8) is 0 Å². The lowest BCUT2D eigenvalue weighted by atomic mass is 10.2. The maximum Gasteiger partial charge on any atom is 0.329 e. The van der Waals surface area contributed by atoms with Gasteiger partial charge in [-0.3, -0.25) is 9.59 Å². The second-order valence-corrected chi connectivity index (χ2v) is 5.91. The van der Waals surface area contributed by atoms with Crippen LogP contribution in [0.1, 0.15) is 18.2 Å². The summed E-state index contributed by atoms with van der Waals surface area (Å²) < 4.78 is 10.9. The Labute approximate surface area is 157 Å². The highest BCUT2D eigenvalue weighted by molar-refractivity contribution is 14.1. The van der Waals surface area contributed by atoms with Gasteiger partial charge in [0.15, 0.2) is 11.5 Å². The van der Waals surface area contributed by atoms with Crippen LogP contribution in [0.15, 0.2) is 40.0 Å². The summed E-state index contributed by atoms with van der Waals surface area (Å²) >= 11 is 1.95. The normalized spacial score (nSPS) is 10.6. The third-order valence-electron chi connectivity index (χ3n) is 2.94. The van der Waals surface area contributed by atoms with Crippen LogP contribution in [0.5, 0.6) is 11.5 Å². The summed E-state index contributed by atoms with van der Waals surface area (Å²) in [6.45, 7) is 2.31. The summed E-state index contributed by atoms with van der Waals surface area (Å²) in [6, 6.07) is 6.60. The number of carbonyl (C=O) groups excluding carboxylic acids is 2. The monoisotopic (exact) mass is 457 g/mol. The van der Waals surface area contributed by atoms with Gasteiger partial charge >= 0.3 is 11.8 Å². The number of halogens is 1. The fourth-order valence-corrected chi connectivity index (χ4v) is 2.44. The summed E-state index contributed by atoms with van der Waals surface area (Å²) in [6.07, 6.45) is 2.82. The van der Waals surface area contributed by atoms with Gasteiger partial charge in [0, 0.05) is 0 Å². The van der Waals surface area contributed by atoms with Crippen LogP contribution in [0.4, 0.5) is 0 Å². The Morgan fingerprint density at radius 1 is 1.40 bits per heavy atom. The van der Waals surface area contributed by atoms with Gasteiger partial charge in [-0.1, -0.05) is 0 Å². The number of phenolic OH excluding ortho intramolecular Hbond substituents is 1. The molecule has 0 saturated heterocycles. The van der Waals surface area contributed by atoms with Gasteiger partial charge in [0.05, 0.1) is 29.2 Å². The van der Waals surface area contributed by atoms with Crippen LogP contribution >= 0.6 is 22.6 Å². The minimum atomic E-state index is -0.902. The SMILES string of the molecule is CCOc1cc(/C=N\NC(=O)C(=O)NCc2ccco2)cc(I)c1O. The van der Waals surface area contributed by atoms with Crippen LogP contribution < -0.4 is 15.5 Å². The van der Waals surface area contributed by atoms with E-state index in [1.165, 1.54) is 12.5 Å². The maximum atomic E-state index is 11.6. The Hall–Kier alpha value is -2.56. The second kappa shape index (κ2) is 9.06. The average molecular weight is 457 g/mol. The lowest BCUT2D eigenvalue weighted by Crippen LogP contribution is -2.37. The summed E-state index contributed by atoms with van der Waals surface area (Å²) in [5.74, 6) is -0.837. The molecule has 9 heteroatoms. The zero-order chi connectivity index (χ0) is 18.2. The molecule has 0 radical (unpaired) electrons. The van der Waals surface area contributed by atoms with E-state index in [0.717, 1.165) is 0 Å². The quantitative estimate of drug-likeness (QED) is 0.265. The fourth-order valence-electron chi connectivity index (χ4n) is 1.81. The summed E-state index contributed by atoms with van der Waals surface area (Å²) in [5, 5.41) is 16.0. The molecule has 1 aromatic heterocycles. The van der Waals surface area contributed by atoms with E-state index in [4.69, 9.17) is 9.15 Å². The number of rotatable bonds is 6. The van der Waals surface area contributed by atoms with Crippen molar-refractivity contribution in [2.24, 2.45) is 5.10 Å². The molecule has 0 aliphatic heterocycles. The van der Waals surface area contributed by atoms with Gasteiger partial charge in [0.1, 0.15) is 5.76 Å². The molecule has 2 amide bonds. The molecule has 0 aliphatic rings. The molecule has 3 N–H and O–H groups in total. The number of hydrogen-bond acceptors (Lipinski definition) is 6. The Kier molecular flexibility index (Phi) is 6.81. The highest BCUT2D eigenvalue weighted by atomic mass is 127. The highest BCUT2D eigenvalue weighted by Gasteiger charge is 2.13. The molecule has 1 aromatic carbocycles. The van der Waals surface area contributed by atoms with Gasteiger partial charge < -0.3 is 19.6 Å². The number of aromatic hydroxyl groups is 1. The molecule has 8 nitrogen and oxygen atoms in total. The lowest BCUT2D eigenvalue weighted by molar-refractivity contribution is -0.139. The van der Waals surface area contributed by atoms with Gasteiger partial charge in [0.25, 0.3) is 0 Å². The smallest absolute Gasteiger partial charge is 0.329 e. The standard InChI is InChI=1S/C16H16IN3O5/c1-2-24-13-7-10(6-12(17)14(13)21)8-19-20-16(23)15(22)18-9-11-4-3-5-25-11/h3-8,21H,2,9H2,1H3,(H,18,22)(H,20,23)/b19-8-. The van der Waals surface area contributed by atoms with Gasteiger partial charge in [-0.25, -0.2) is 5.43 Å². The van der Waals surface area contributed by atoms with Gasteiger partial charge in [0.2, 0.25) is 0 Å². The molecule has 0 fully saturated rings. The Morgan fingerprint density at radius 2 is 2.20 bits per heavy atom. The number of amides is 2. The minimum absolute atomic E-state index is 0.0425. The van der Waals surface area contributed by atoms with Crippen LogP contribution in [0, 0.1) is 3.57 Å². The van der Waals surface area contributed by atoms with E-state index in [2.05, 4.69) is 15.8 Å². The molecular formula is C16H16IN3O5. The molecule has 0 bridgehead atoms. The van der Waals surface area contributed by atoms with Gasteiger partial charge in [-0.05, 0) is 59.3 Å². The second-order valence-electron chi connectivity index (χ2n) is 4.74. The minimum Gasteiger partial charge on any atom is -0.504 e. The number of carbonyl (C=O) groups is 2. The van der Waals surface area contributed by atoms with Crippen molar-refractivity contribution in [2.75, 3.05) is 6.61 Å². The van der Waals surface area contributed by atoms with Crippen molar-refractivity contribution in [3.8, 4) is 11.5 Å². The Morgan fingerprint density at radius 3 is 2.88 bits per heavy atom. The van der Waals surface area contributed by atoms with Crippen LogP contribution in [-0.4, -0.2) is 29.7 Å². The number of hydrazone groups is 1. The zero-order valence-corrected chi connectivity index (χ0v) is 15.4. The van der Waals surface area contributed by atoms with E-state index >= 15 is 0 Å². The van der Waals surface area contributed by atoms with Crippen LogP contribution in [0.3, 0.4) is 0 Å². The van der Waals surface area contributed by atoms with Gasteiger partial charge in [-0.2, -0.15) is 5.10 Å². The number of ether oxygens (including phenoxy) is 1.